The van der Waals surface area contributed by atoms with Crippen molar-refractivity contribution in [2.75, 3.05) is 26.9 Å². The second-order valence-electron chi connectivity index (χ2n) is 5.06. The highest BCUT2D eigenvalue weighted by molar-refractivity contribution is 5.77. The van der Waals surface area contributed by atoms with Gasteiger partial charge in [0.2, 0.25) is 5.91 Å². The van der Waals surface area contributed by atoms with E-state index in [-0.39, 0.29) is 11.3 Å². The number of carbonyl (C=O) groups is 1. The molecular formula is C13H24N2O3. The minimum atomic E-state index is -0.219. The lowest BCUT2D eigenvalue weighted by Gasteiger charge is -2.23. The van der Waals surface area contributed by atoms with Crippen LogP contribution in [0.25, 0.3) is 0 Å². The van der Waals surface area contributed by atoms with Gasteiger partial charge in [0, 0.05) is 33.4 Å². The van der Waals surface area contributed by atoms with E-state index in [0.29, 0.717) is 19.6 Å². The average Bonchev–Trinajstić information content (AvgIpc) is 2.27. The van der Waals surface area contributed by atoms with E-state index in [4.69, 9.17) is 14.7 Å². The van der Waals surface area contributed by atoms with Crippen molar-refractivity contribution in [1.29, 1.82) is 5.26 Å². The molecular weight excluding hydrogens is 232 g/mol. The zero-order valence-corrected chi connectivity index (χ0v) is 11.6. The van der Waals surface area contributed by atoms with Crippen LogP contribution in [-0.4, -0.2) is 32.8 Å². The van der Waals surface area contributed by atoms with Crippen molar-refractivity contribution in [3.63, 3.8) is 0 Å². The normalized spacial score (nSPS) is 11.0. The Hall–Kier alpha value is -1.12. The van der Waals surface area contributed by atoms with E-state index in [1.807, 2.05) is 13.8 Å². The summed E-state index contributed by atoms with van der Waals surface area (Å²) in [6, 6.07) is 0. The number of hydrogen-bond acceptors (Lipinski definition) is 4. The van der Waals surface area contributed by atoms with Crippen molar-refractivity contribution in [2.45, 2.75) is 39.5 Å². The molecule has 0 saturated heterocycles. The van der Waals surface area contributed by atoms with Gasteiger partial charge in [-0.05, 0) is 24.7 Å². The van der Waals surface area contributed by atoms with Crippen LogP contribution < -0.4 is 5.32 Å². The van der Waals surface area contributed by atoms with Gasteiger partial charge in [-0.15, -0.1) is 0 Å². The maximum atomic E-state index is 11.3. The first kappa shape index (κ1) is 16.9. The van der Waals surface area contributed by atoms with Crippen molar-refractivity contribution in [3.8, 4) is 6.19 Å². The van der Waals surface area contributed by atoms with E-state index in [1.165, 1.54) is 0 Å². The van der Waals surface area contributed by atoms with E-state index in [1.54, 1.807) is 13.3 Å². The fourth-order valence-corrected chi connectivity index (χ4v) is 1.69. The second kappa shape index (κ2) is 9.86. The Balaban J connectivity index is 3.58. The van der Waals surface area contributed by atoms with E-state index in [0.717, 1.165) is 25.9 Å². The first-order valence-corrected chi connectivity index (χ1v) is 6.26. The first-order chi connectivity index (χ1) is 8.52. The number of nitrogens with one attached hydrogen (secondary N) is 1. The molecule has 0 aliphatic carbocycles. The Morgan fingerprint density at radius 2 is 1.94 bits per heavy atom. The summed E-state index contributed by atoms with van der Waals surface area (Å²) in [5, 5.41) is 10.5. The summed E-state index contributed by atoms with van der Waals surface area (Å²) in [5.41, 5.74) is -0.100. The number of carbonyl (C=O) groups excluding carboxylic acids is 1. The highest BCUT2D eigenvalue weighted by Crippen LogP contribution is 2.26. The Bertz CT molecular complexity index is 272. The fraction of sp³-hybridized carbons (Fsp3) is 0.846. The maximum absolute atomic E-state index is 11.3. The molecule has 0 heterocycles. The van der Waals surface area contributed by atoms with Crippen LogP contribution in [0.4, 0.5) is 0 Å². The smallest absolute Gasteiger partial charge is 0.233 e. The van der Waals surface area contributed by atoms with Gasteiger partial charge in [0.05, 0.1) is 0 Å². The molecule has 5 heteroatoms. The maximum Gasteiger partial charge on any atom is 0.233 e. The molecule has 104 valence electrons. The zero-order chi connectivity index (χ0) is 13.9. The molecule has 0 unspecified atom stereocenters. The second-order valence-corrected chi connectivity index (χ2v) is 5.06. The molecule has 0 aliphatic rings. The van der Waals surface area contributed by atoms with Gasteiger partial charge in [0.1, 0.15) is 0 Å². The highest BCUT2D eigenvalue weighted by atomic mass is 16.5. The third-order valence-corrected chi connectivity index (χ3v) is 2.61. The lowest BCUT2D eigenvalue weighted by Crippen LogP contribution is -2.25. The lowest BCUT2D eigenvalue weighted by molar-refractivity contribution is -0.122. The van der Waals surface area contributed by atoms with Crippen LogP contribution in [0, 0.1) is 16.9 Å². The minimum absolute atomic E-state index is 0.100. The van der Waals surface area contributed by atoms with Gasteiger partial charge in [-0.1, -0.05) is 13.8 Å². The summed E-state index contributed by atoms with van der Waals surface area (Å²) < 4.78 is 10.4. The molecule has 0 fully saturated rings. The number of amides is 1. The van der Waals surface area contributed by atoms with Gasteiger partial charge in [-0.25, -0.2) is 0 Å². The van der Waals surface area contributed by atoms with E-state index < -0.39 is 0 Å². The van der Waals surface area contributed by atoms with Crippen molar-refractivity contribution >= 4 is 5.91 Å². The third-order valence-electron chi connectivity index (χ3n) is 2.61. The van der Waals surface area contributed by atoms with Gasteiger partial charge >= 0.3 is 0 Å². The van der Waals surface area contributed by atoms with Gasteiger partial charge in [-0.2, -0.15) is 5.26 Å². The number of nitriles is 1. The molecule has 0 aliphatic heterocycles. The SMILES string of the molecule is COCCCOCCCC(C)(C)CC(=O)NC#N. The standard InChI is InChI=1S/C13H24N2O3/c1-13(2,10-12(16)15-11-14)6-4-8-18-9-5-7-17-3/h4-10H2,1-3H3,(H,15,16). The summed E-state index contributed by atoms with van der Waals surface area (Å²) in [4.78, 5) is 11.3. The van der Waals surface area contributed by atoms with Gasteiger partial charge in [-0.3, -0.25) is 10.1 Å². The van der Waals surface area contributed by atoms with Crippen molar-refractivity contribution in [2.24, 2.45) is 5.41 Å². The molecule has 0 saturated carbocycles. The van der Waals surface area contributed by atoms with Crippen LogP contribution in [-0.2, 0) is 14.3 Å². The Morgan fingerprint density at radius 3 is 2.56 bits per heavy atom. The molecule has 0 spiro atoms. The molecule has 0 aromatic rings. The van der Waals surface area contributed by atoms with E-state index in [2.05, 4.69) is 5.32 Å². The Labute approximate surface area is 109 Å². The van der Waals surface area contributed by atoms with Crippen LogP contribution >= 0.6 is 0 Å². The molecule has 0 atom stereocenters. The zero-order valence-electron chi connectivity index (χ0n) is 11.6. The number of hydrogen-bond donors (Lipinski definition) is 1. The summed E-state index contributed by atoms with van der Waals surface area (Å²) in [6.07, 6.45) is 4.74. The van der Waals surface area contributed by atoms with Crippen LogP contribution in [0.2, 0.25) is 0 Å². The summed E-state index contributed by atoms with van der Waals surface area (Å²) in [5.74, 6) is -0.219. The highest BCUT2D eigenvalue weighted by Gasteiger charge is 2.21. The predicted molar refractivity (Wildman–Crippen MR) is 68.7 cm³/mol. The van der Waals surface area contributed by atoms with Crippen LogP contribution in [0.1, 0.15) is 39.5 Å². The van der Waals surface area contributed by atoms with Crippen LogP contribution in [0.3, 0.4) is 0 Å². The van der Waals surface area contributed by atoms with E-state index in [9.17, 15) is 4.79 Å². The van der Waals surface area contributed by atoms with Crippen molar-refractivity contribution in [3.05, 3.63) is 0 Å². The summed E-state index contributed by atoms with van der Waals surface area (Å²) in [7, 11) is 1.68. The minimum Gasteiger partial charge on any atom is -0.385 e. The Kier molecular flexibility index (Phi) is 9.25. The molecule has 18 heavy (non-hydrogen) atoms. The molecule has 0 rings (SSSR count). The molecule has 5 nitrogen and oxygen atoms in total. The topological polar surface area (TPSA) is 71.3 Å². The molecule has 0 bridgehead atoms. The molecule has 1 amide bonds. The average molecular weight is 256 g/mol. The van der Waals surface area contributed by atoms with E-state index >= 15 is 0 Å². The van der Waals surface area contributed by atoms with Gasteiger partial charge in [0.15, 0.2) is 6.19 Å². The predicted octanol–water partition coefficient (Wildman–Crippen LogP) is 1.83. The number of methoxy groups -OCH3 is 1. The number of nitrogens with zero attached hydrogens (tertiary/aromatic N) is 1. The Morgan fingerprint density at radius 1 is 1.28 bits per heavy atom. The summed E-state index contributed by atoms with van der Waals surface area (Å²) >= 11 is 0. The largest absolute Gasteiger partial charge is 0.385 e. The van der Waals surface area contributed by atoms with Crippen LogP contribution in [0.5, 0.6) is 0 Å². The number of rotatable bonds is 10. The van der Waals surface area contributed by atoms with Crippen LogP contribution in [0.15, 0.2) is 0 Å². The van der Waals surface area contributed by atoms with Gasteiger partial charge < -0.3 is 9.47 Å². The quantitative estimate of drug-likeness (QED) is 0.368. The molecule has 0 aromatic heterocycles. The third kappa shape index (κ3) is 10.1. The number of ether oxygens (including phenoxy) is 2. The summed E-state index contributed by atoms with van der Waals surface area (Å²) in [6.45, 7) is 6.18. The van der Waals surface area contributed by atoms with Gasteiger partial charge in [0.25, 0.3) is 0 Å². The first-order valence-electron chi connectivity index (χ1n) is 6.26. The lowest BCUT2D eigenvalue weighted by atomic mass is 9.84. The molecule has 1 N–H and O–H groups in total. The monoisotopic (exact) mass is 256 g/mol. The molecule has 0 aromatic carbocycles. The molecule has 0 radical (unpaired) electrons. The fourth-order valence-electron chi connectivity index (χ4n) is 1.69. The van der Waals surface area contributed by atoms with Crippen molar-refractivity contribution < 1.29 is 14.3 Å². The van der Waals surface area contributed by atoms with Crippen molar-refractivity contribution in [1.82, 2.24) is 5.32 Å².